The van der Waals surface area contributed by atoms with Crippen LogP contribution in [0.2, 0.25) is 5.02 Å². The molecule has 2 aromatic rings. The minimum absolute atomic E-state index is 0.0723. The third kappa shape index (κ3) is 3.02. The summed E-state index contributed by atoms with van der Waals surface area (Å²) in [5.74, 6) is 1.32. The van der Waals surface area contributed by atoms with Gasteiger partial charge in [-0.2, -0.15) is 0 Å². The number of amides is 2. The van der Waals surface area contributed by atoms with Crippen molar-refractivity contribution in [1.29, 1.82) is 0 Å². The predicted molar refractivity (Wildman–Crippen MR) is 102 cm³/mol. The van der Waals surface area contributed by atoms with Crippen LogP contribution in [-0.4, -0.2) is 36.2 Å². The molecule has 4 unspecified atom stereocenters. The van der Waals surface area contributed by atoms with Crippen molar-refractivity contribution in [2.24, 2.45) is 5.92 Å². The molecule has 140 valence electrons. The second-order valence-electron chi connectivity index (χ2n) is 7.62. The lowest BCUT2D eigenvalue weighted by molar-refractivity contribution is 0.236. The molecule has 5 rings (SSSR count). The number of rotatable bonds is 3. The SMILES string of the molecule is O=C(NC1CCN(c2ncccc2Cl)C1)NC1C2Cc3cc(F)ccc3C21. The summed E-state index contributed by atoms with van der Waals surface area (Å²) in [7, 11) is 0. The maximum Gasteiger partial charge on any atom is 0.315 e. The van der Waals surface area contributed by atoms with Gasteiger partial charge >= 0.3 is 6.03 Å². The fraction of sp³-hybridized carbons (Fsp3) is 0.400. The molecule has 27 heavy (non-hydrogen) atoms. The van der Waals surface area contributed by atoms with E-state index < -0.39 is 0 Å². The molecule has 3 aliphatic rings. The van der Waals surface area contributed by atoms with Gasteiger partial charge in [-0.3, -0.25) is 0 Å². The van der Waals surface area contributed by atoms with E-state index in [-0.39, 0.29) is 23.9 Å². The summed E-state index contributed by atoms with van der Waals surface area (Å²) in [4.78, 5) is 18.9. The van der Waals surface area contributed by atoms with E-state index in [9.17, 15) is 9.18 Å². The van der Waals surface area contributed by atoms with Crippen LogP contribution in [0, 0.1) is 11.7 Å². The van der Waals surface area contributed by atoms with Gasteiger partial charge in [-0.1, -0.05) is 17.7 Å². The molecule has 1 saturated heterocycles. The quantitative estimate of drug-likeness (QED) is 0.852. The highest BCUT2D eigenvalue weighted by Crippen LogP contribution is 2.56. The first-order valence-electron chi connectivity index (χ1n) is 9.31. The zero-order valence-corrected chi connectivity index (χ0v) is 15.4. The molecule has 2 heterocycles. The Labute approximate surface area is 161 Å². The second-order valence-corrected chi connectivity index (χ2v) is 8.03. The zero-order valence-electron chi connectivity index (χ0n) is 14.7. The molecule has 1 aromatic carbocycles. The van der Waals surface area contributed by atoms with Crippen molar-refractivity contribution >= 4 is 23.4 Å². The second kappa shape index (κ2) is 6.37. The van der Waals surface area contributed by atoms with Crippen LogP contribution in [0.4, 0.5) is 15.0 Å². The topological polar surface area (TPSA) is 57.3 Å². The minimum atomic E-state index is -0.184. The van der Waals surface area contributed by atoms with E-state index in [0.29, 0.717) is 23.4 Å². The lowest BCUT2D eigenvalue weighted by Gasteiger charge is -2.19. The van der Waals surface area contributed by atoms with Gasteiger partial charge in [0, 0.05) is 37.3 Å². The summed E-state index contributed by atoms with van der Waals surface area (Å²) in [6, 6.07) is 8.73. The Morgan fingerprint density at radius 2 is 2.19 bits per heavy atom. The molecule has 2 amide bonds. The zero-order chi connectivity index (χ0) is 18.5. The Hall–Kier alpha value is -2.34. The Morgan fingerprint density at radius 1 is 1.30 bits per heavy atom. The third-order valence-electron chi connectivity index (χ3n) is 5.95. The number of pyridine rings is 1. The molecule has 0 radical (unpaired) electrons. The van der Waals surface area contributed by atoms with Gasteiger partial charge in [0.25, 0.3) is 0 Å². The Kier molecular flexibility index (Phi) is 3.97. The largest absolute Gasteiger partial charge is 0.353 e. The maximum atomic E-state index is 13.3. The van der Waals surface area contributed by atoms with Crippen molar-refractivity contribution in [3.63, 3.8) is 0 Å². The van der Waals surface area contributed by atoms with Crippen molar-refractivity contribution in [3.8, 4) is 0 Å². The monoisotopic (exact) mass is 386 g/mol. The van der Waals surface area contributed by atoms with Crippen LogP contribution in [-0.2, 0) is 6.42 Å². The number of carbonyl (C=O) groups excluding carboxylic acids is 1. The molecule has 4 atom stereocenters. The van der Waals surface area contributed by atoms with Crippen molar-refractivity contribution in [3.05, 3.63) is 58.5 Å². The average molecular weight is 387 g/mol. The number of nitrogens with zero attached hydrogens (tertiary/aromatic N) is 2. The number of urea groups is 1. The number of hydrogen-bond acceptors (Lipinski definition) is 3. The van der Waals surface area contributed by atoms with Crippen LogP contribution in [0.25, 0.3) is 0 Å². The minimum Gasteiger partial charge on any atom is -0.353 e. The smallest absolute Gasteiger partial charge is 0.315 e. The molecule has 7 heteroatoms. The number of fused-ring (bicyclic) bond motifs is 3. The summed E-state index contributed by atoms with van der Waals surface area (Å²) in [5.41, 5.74) is 2.27. The molecule has 2 fully saturated rings. The van der Waals surface area contributed by atoms with Gasteiger partial charge in [0.05, 0.1) is 5.02 Å². The number of aromatic nitrogens is 1. The Bertz CT molecular complexity index is 907. The molecular formula is C20H20ClFN4O. The summed E-state index contributed by atoms with van der Waals surface area (Å²) in [6.07, 6.45) is 3.43. The van der Waals surface area contributed by atoms with Crippen molar-refractivity contribution < 1.29 is 9.18 Å². The van der Waals surface area contributed by atoms with E-state index in [1.165, 1.54) is 11.6 Å². The van der Waals surface area contributed by atoms with Crippen LogP contribution in [0.15, 0.2) is 36.5 Å². The van der Waals surface area contributed by atoms with Crippen LogP contribution in [0.5, 0.6) is 0 Å². The van der Waals surface area contributed by atoms with Gasteiger partial charge in [0.1, 0.15) is 11.6 Å². The van der Waals surface area contributed by atoms with Gasteiger partial charge in [0.2, 0.25) is 0 Å². The highest BCUT2D eigenvalue weighted by atomic mass is 35.5. The molecule has 2 aliphatic carbocycles. The lowest BCUT2D eigenvalue weighted by atomic mass is 10.0. The summed E-state index contributed by atoms with van der Waals surface area (Å²) < 4.78 is 13.3. The van der Waals surface area contributed by atoms with Gasteiger partial charge in [-0.25, -0.2) is 14.2 Å². The molecule has 5 nitrogen and oxygen atoms in total. The molecule has 0 bridgehead atoms. The van der Waals surface area contributed by atoms with E-state index in [4.69, 9.17) is 11.6 Å². The van der Waals surface area contributed by atoms with E-state index in [0.717, 1.165) is 30.8 Å². The molecule has 1 aromatic heterocycles. The summed E-state index contributed by atoms with van der Waals surface area (Å²) in [5, 5.41) is 6.80. The summed E-state index contributed by atoms with van der Waals surface area (Å²) in [6.45, 7) is 1.51. The van der Waals surface area contributed by atoms with E-state index in [2.05, 4.69) is 20.5 Å². The maximum absolute atomic E-state index is 13.3. The fourth-order valence-corrected chi connectivity index (χ4v) is 4.88. The highest BCUT2D eigenvalue weighted by Gasteiger charge is 2.56. The molecule has 1 saturated carbocycles. The van der Waals surface area contributed by atoms with Crippen LogP contribution >= 0.6 is 11.6 Å². The third-order valence-corrected chi connectivity index (χ3v) is 6.24. The molecule has 1 aliphatic heterocycles. The Morgan fingerprint density at radius 3 is 3.04 bits per heavy atom. The lowest BCUT2D eigenvalue weighted by Crippen LogP contribution is -2.45. The standard InChI is InChI=1S/C20H20ClFN4O/c21-16-2-1-6-23-19(16)26-7-5-13(10-26)24-20(27)25-18-15-9-11-8-12(22)3-4-14(11)17(15)18/h1-4,6,8,13,15,17-18H,5,7,9-10H2,(H2,24,25,27). The first kappa shape index (κ1) is 16.8. The number of halogens is 2. The van der Waals surface area contributed by atoms with Gasteiger partial charge < -0.3 is 15.5 Å². The highest BCUT2D eigenvalue weighted by molar-refractivity contribution is 6.32. The predicted octanol–water partition coefficient (Wildman–Crippen LogP) is 3.09. The van der Waals surface area contributed by atoms with Crippen LogP contribution in [0.1, 0.15) is 23.5 Å². The Balaban J connectivity index is 1.15. The van der Waals surface area contributed by atoms with Crippen LogP contribution in [0.3, 0.4) is 0 Å². The fourth-order valence-electron chi connectivity index (χ4n) is 4.64. The number of carbonyl (C=O) groups is 1. The van der Waals surface area contributed by atoms with Gasteiger partial charge in [-0.15, -0.1) is 0 Å². The molecular weight excluding hydrogens is 367 g/mol. The van der Waals surface area contributed by atoms with Crippen molar-refractivity contribution in [2.45, 2.75) is 30.8 Å². The number of benzene rings is 1. The number of nitrogens with one attached hydrogen (secondary N) is 2. The summed E-state index contributed by atoms with van der Waals surface area (Å²) >= 11 is 6.21. The molecule has 0 spiro atoms. The van der Waals surface area contributed by atoms with E-state index >= 15 is 0 Å². The van der Waals surface area contributed by atoms with Crippen molar-refractivity contribution in [2.75, 3.05) is 18.0 Å². The first-order valence-corrected chi connectivity index (χ1v) is 9.69. The number of hydrogen-bond donors (Lipinski definition) is 2. The van der Waals surface area contributed by atoms with Gasteiger partial charge in [-0.05, 0) is 54.2 Å². The van der Waals surface area contributed by atoms with E-state index in [1.807, 2.05) is 18.2 Å². The van der Waals surface area contributed by atoms with Crippen molar-refractivity contribution in [1.82, 2.24) is 15.6 Å². The average Bonchev–Trinajstić information content (AvgIpc) is 2.97. The molecule has 2 N–H and O–H groups in total. The van der Waals surface area contributed by atoms with E-state index in [1.54, 1.807) is 12.3 Å². The normalized spacial score (nSPS) is 27.9. The van der Waals surface area contributed by atoms with Crippen LogP contribution < -0.4 is 15.5 Å². The number of anilines is 1. The van der Waals surface area contributed by atoms with Gasteiger partial charge in [0.15, 0.2) is 0 Å². The first-order chi connectivity index (χ1) is 13.1.